The van der Waals surface area contributed by atoms with Gasteiger partial charge >= 0.3 is 0 Å². The summed E-state index contributed by atoms with van der Waals surface area (Å²) in [5.74, 6) is 1.40. The largest absolute Gasteiger partial charge is 0.291 e. The summed E-state index contributed by atoms with van der Waals surface area (Å²) in [6, 6.07) is 22.7. The van der Waals surface area contributed by atoms with Crippen LogP contribution in [0.3, 0.4) is 0 Å². The summed E-state index contributed by atoms with van der Waals surface area (Å²) >= 11 is 0. The van der Waals surface area contributed by atoms with Gasteiger partial charge in [0.25, 0.3) is 5.84 Å². The van der Waals surface area contributed by atoms with E-state index < -0.39 is 0 Å². The number of allylic oxidation sites excluding steroid dienone is 2. The highest BCUT2D eigenvalue weighted by atomic mass is 15.4. The fourth-order valence-corrected chi connectivity index (χ4v) is 3.82. The van der Waals surface area contributed by atoms with Crippen molar-refractivity contribution < 1.29 is 4.58 Å². The number of rotatable bonds is 5. The van der Waals surface area contributed by atoms with Gasteiger partial charge in [-0.05, 0) is 18.2 Å². The zero-order valence-electron chi connectivity index (χ0n) is 17.2. The molecule has 3 aromatic rings. The number of nitrogens with one attached hydrogen (secondary N) is 2. The summed E-state index contributed by atoms with van der Waals surface area (Å²) in [6.07, 6.45) is 10.3. The third kappa shape index (κ3) is 4.00. The minimum Gasteiger partial charge on any atom is -0.262 e. The number of anilines is 1. The van der Waals surface area contributed by atoms with Crippen molar-refractivity contribution in [1.82, 2.24) is 15.3 Å². The molecule has 5 rings (SSSR count). The lowest BCUT2D eigenvalue weighted by atomic mass is 10.0. The van der Waals surface area contributed by atoms with Crippen molar-refractivity contribution in [1.29, 1.82) is 0 Å². The molecular formula is C25H23N6+. The van der Waals surface area contributed by atoms with Gasteiger partial charge in [0.05, 0.1) is 18.4 Å². The van der Waals surface area contributed by atoms with E-state index in [9.17, 15) is 0 Å². The van der Waals surface area contributed by atoms with Crippen LogP contribution in [0.15, 0.2) is 96.1 Å². The highest BCUT2D eigenvalue weighted by molar-refractivity contribution is 6.27. The zero-order valence-corrected chi connectivity index (χ0v) is 17.2. The molecule has 0 saturated heterocycles. The van der Waals surface area contributed by atoms with Gasteiger partial charge in [-0.15, -0.1) is 0 Å². The summed E-state index contributed by atoms with van der Waals surface area (Å²) in [5.41, 5.74) is 6.77. The second kappa shape index (κ2) is 8.36. The lowest BCUT2D eigenvalue weighted by Crippen LogP contribution is -2.34. The third-order valence-electron chi connectivity index (χ3n) is 5.46. The molecule has 2 atom stereocenters. The molecule has 1 aliphatic carbocycles. The Bertz CT molecular complexity index is 1140. The van der Waals surface area contributed by atoms with Crippen molar-refractivity contribution in [2.45, 2.75) is 12.1 Å². The number of likely N-dealkylation sites (N-methyl/N-ethyl adjacent to an activating group) is 1. The number of benzene rings is 2. The normalized spacial score (nSPS) is 19.5. The van der Waals surface area contributed by atoms with Crippen LogP contribution in [-0.2, 0) is 0 Å². The predicted octanol–water partition coefficient (Wildman–Crippen LogP) is 3.72. The fraction of sp³-hybridized carbons (Fsp3) is 0.120. The Morgan fingerprint density at radius 1 is 0.903 bits per heavy atom. The van der Waals surface area contributed by atoms with Crippen LogP contribution in [0.5, 0.6) is 0 Å². The molecule has 0 unspecified atom stereocenters. The first kappa shape index (κ1) is 18.9. The molecule has 1 aromatic heterocycles. The first-order chi connectivity index (χ1) is 15.3. The lowest BCUT2D eigenvalue weighted by Gasteiger charge is -2.10. The van der Waals surface area contributed by atoms with E-state index in [0.29, 0.717) is 12.0 Å². The van der Waals surface area contributed by atoms with E-state index in [-0.39, 0.29) is 6.04 Å². The Balaban J connectivity index is 1.43. The Kier molecular flexibility index (Phi) is 5.10. The van der Waals surface area contributed by atoms with Crippen LogP contribution in [0, 0.1) is 0 Å². The average Bonchev–Trinajstić information content (AvgIpc) is 3.15. The molecule has 2 aliphatic rings. The maximum atomic E-state index is 4.68. The first-order valence-electron chi connectivity index (χ1n) is 10.3. The van der Waals surface area contributed by atoms with Gasteiger partial charge in [-0.2, -0.15) is 5.10 Å². The van der Waals surface area contributed by atoms with Gasteiger partial charge in [-0.3, -0.25) is 9.89 Å². The number of fused-ring (bicyclic) bond motifs is 1. The Labute approximate surface area is 181 Å². The maximum absolute atomic E-state index is 4.68. The van der Waals surface area contributed by atoms with Gasteiger partial charge in [0.1, 0.15) is 6.21 Å². The topological polar surface area (TPSA) is 65.2 Å². The van der Waals surface area contributed by atoms with Crippen molar-refractivity contribution in [2.75, 3.05) is 12.5 Å². The Hall–Kier alpha value is -4.06. The molecule has 0 amide bonds. The molecule has 0 spiro atoms. The third-order valence-corrected chi connectivity index (χ3v) is 5.46. The zero-order chi connectivity index (χ0) is 21.0. The average molecular weight is 408 g/mol. The standard InChI is InChI=1S/C25H22N6/c1-31-23-15-9-8-14-20(23)27-24(31)17-26-30-25-28-21(18-10-4-2-5-11-18)16-22(29-25)19-12-6-3-7-13-19/h2-17,20,23H,1H3,(H,27,28,29,30)/p+1/t20-,23-/m0/s1. The van der Waals surface area contributed by atoms with E-state index >= 15 is 0 Å². The first-order valence-corrected chi connectivity index (χ1v) is 10.3. The van der Waals surface area contributed by atoms with Crippen LogP contribution in [0.4, 0.5) is 5.95 Å². The summed E-state index contributed by atoms with van der Waals surface area (Å²) in [6.45, 7) is 0. The van der Waals surface area contributed by atoms with Crippen molar-refractivity contribution >= 4 is 18.0 Å². The Morgan fingerprint density at radius 3 is 2.13 bits per heavy atom. The number of amidine groups is 1. The van der Waals surface area contributed by atoms with E-state index in [1.54, 1.807) is 6.21 Å². The molecule has 0 fully saturated rings. The minimum absolute atomic E-state index is 0.263. The molecule has 0 radical (unpaired) electrons. The van der Waals surface area contributed by atoms with Crippen LogP contribution in [0.1, 0.15) is 0 Å². The van der Waals surface area contributed by atoms with Crippen LogP contribution in [0.25, 0.3) is 22.5 Å². The molecule has 2 N–H and O–H groups in total. The van der Waals surface area contributed by atoms with E-state index in [1.165, 1.54) is 0 Å². The summed E-state index contributed by atoms with van der Waals surface area (Å²) in [7, 11) is 2.06. The number of nitrogens with zero attached hydrogens (tertiary/aromatic N) is 4. The van der Waals surface area contributed by atoms with Gasteiger partial charge in [0.2, 0.25) is 5.95 Å². The molecule has 1 aliphatic heterocycles. The van der Waals surface area contributed by atoms with Crippen molar-refractivity contribution in [2.24, 2.45) is 5.10 Å². The summed E-state index contributed by atoms with van der Waals surface area (Å²) in [5, 5.41) is 7.89. The number of aromatic nitrogens is 2. The minimum atomic E-state index is 0.263. The van der Waals surface area contributed by atoms with Crippen molar-refractivity contribution in [3.63, 3.8) is 0 Å². The van der Waals surface area contributed by atoms with Gasteiger partial charge in [0.15, 0.2) is 12.1 Å². The second-order valence-corrected chi connectivity index (χ2v) is 7.49. The number of hydrazone groups is 1. The molecule has 2 heterocycles. The van der Waals surface area contributed by atoms with E-state index in [2.05, 4.69) is 61.7 Å². The van der Waals surface area contributed by atoms with Gasteiger partial charge in [-0.1, -0.05) is 72.8 Å². The monoisotopic (exact) mass is 407 g/mol. The van der Waals surface area contributed by atoms with Crippen molar-refractivity contribution in [3.8, 4) is 22.5 Å². The molecule has 6 nitrogen and oxygen atoms in total. The van der Waals surface area contributed by atoms with Gasteiger partial charge in [0, 0.05) is 11.1 Å². The van der Waals surface area contributed by atoms with Gasteiger partial charge < -0.3 is 0 Å². The van der Waals surface area contributed by atoms with Crippen LogP contribution in [0.2, 0.25) is 0 Å². The fourth-order valence-electron chi connectivity index (χ4n) is 3.82. The molecule has 2 aromatic carbocycles. The molecule has 152 valence electrons. The Morgan fingerprint density at radius 2 is 1.52 bits per heavy atom. The molecule has 0 bridgehead atoms. The van der Waals surface area contributed by atoms with Crippen LogP contribution in [-0.4, -0.2) is 45.7 Å². The maximum Gasteiger partial charge on any atom is 0.291 e. The summed E-state index contributed by atoms with van der Waals surface area (Å²) < 4.78 is 2.17. The summed E-state index contributed by atoms with van der Waals surface area (Å²) in [4.78, 5) is 9.37. The van der Waals surface area contributed by atoms with E-state index in [0.717, 1.165) is 28.4 Å². The number of hydrogen-bond donors (Lipinski definition) is 2. The smallest absolute Gasteiger partial charge is 0.262 e. The van der Waals surface area contributed by atoms with Crippen LogP contribution < -0.4 is 10.7 Å². The van der Waals surface area contributed by atoms with Crippen LogP contribution >= 0.6 is 0 Å². The van der Waals surface area contributed by atoms with Gasteiger partial charge in [-0.25, -0.2) is 15.4 Å². The molecular weight excluding hydrogens is 384 g/mol. The SMILES string of the molecule is C[N+]1=C(/C=N/Nc2nc(-c3ccccc3)cc(-c3ccccc3)n2)N[C@H]2C=CC=C[C@@H]21. The predicted molar refractivity (Wildman–Crippen MR) is 125 cm³/mol. The molecule has 0 saturated carbocycles. The molecule has 31 heavy (non-hydrogen) atoms. The number of hydrogen-bond acceptors (Lipinski definition) is 5. The lowest BCUT2D eigenvalue weighted by molar-refractivity contribution is -0.515. The highest BCUT2D eigenvalue weighted by Crippen LogP contribution is 2.25. The van der Waals surface area contributed by atoms with Crippen molar-refractivity contribution in [3.05, 3.63) is 91.0 Å². The molecule has 6 heteroatoms. The van der Waals surface area contributed by atoms with E-state index in [4.69, 9.17) is 0 Å². The highest BCUT2D eigenvalue weighted by Gasteiger charge is 2.35. The quantitative estimate of drug-likeness (QED) is 0.384. The van der Waals surface area contributed by atoms with E-state index in [1.807, 2.05) is 66.7 Å². The second-order valence-electron chi connectivity index (χ2n) is 7.49.